The Morgan fingerprint density at radius 1 is 1.27 bits per heavy atom. The molecule has 0 saturated heterocycles. The van der Waals surface area contributed by atoms with Crippen molar-refractivity contribution >= 4 is 5.91 Å². The zero-order valence-electron chi connectivity index (χ0n) is 14.3. The van der Waals surface area contributed by atoms with Crippen molar-refractivity contribution in [1.82, 2.24) is 14.9 Å². The van der Waals surface area contributed by atoms with Crippen LogP contribution in [0, 0.1) is 5.92 Å². The number of furan rings is 1. The Bertz CT molecular complexity index is 852. The first-order valence-corrected chi connectivity index (χ1v) is 8.77. The molecule has 2 heterocycles. The highest BCUT2D eigenvalue weighted by Gasteiger charge is 2.36. The second-order valence-corrected chi connectivity index (χ2v) is 6.75. The van der Waals surface area contributed by atoms with Crippen LogP contribution < -0.4 is 5.32 Å². The van der Waals surface area contributed by atoms with E-state index in [9.17, 15) is 9.90 Å². The zero-order valence-corrected chi connectivity index (χ0v) is 14.3. The molecule has 2 N–H and O–H groups in total. The van der Waals surface area contributed by atoms with E-state index in [0.29, 0.717) is 30.9 Å². The van der Waals surface area contributed by atoms with Crippen LogP contribution in [-0.2, 0) is 6.54 Å². The van der Waals surface area contributed by atoms with Crippen LogP contribution in [-0.4, -0.2) is 26.7 Å². The van der Waals surface area contributed by atoms with E-state index in [1.807, 2.05) is 41.1 Å². The second-order valence-electron chi connectivity index (χ2n) is 6.75. The fraction of sp³-hybridized carbons (Fsp3) is 0.300. The molecule has 6 nitrogen and oxygen atoms in total. The van der Waals surface area contributed by atoms with Gasteiger partial charge in [0.1, 0.15) is 5.76 Å². The molecule has 3 aromatic rings. The van der Waals surface area contributed by atoms with Crippen molar-refractivity contribution in [2.24, 2.45) is 5.92 Å². The maximum absolute atomic E-state index is 12.7. The number of rotatable bonds is 6. The highest BCUT2D eigenvalue weighted by atomic mass is 16.4. The van der Waals surface area contributed by atoms with Gasteiger partial charge in [-0.1, -0.05) is 30.3 Å². The monoisotopic (exact) mass is 351 g/mol. The van der Waals surface area contributed by atoms with Gasteiger partial charge in [0.2, 0.25) is 0 Å². The summed E-state index contributed by atoms with van der Waals surface area (Å²) in [5, 5.41) is 12.7. The van der Waals surface area contributed by atoms with E-state index in [1.165, 1.54) is 0 Å². The Kier molecular flexibility index (Phi) is 4.58. The predicted octanol–water partition coefficient (Wildman–Crippen LogP) is 2.77. The van der Waals surface area contributed by atoms with Crippen LogP contribution >= 0.6 is 0 Å². The van der Waals surface area contributed by atoms with Gasteiger partial charge in [-0.25, -0.2) is 4.98 Å². The molecule has 1 saturated carbocycles. The Balaban J connectivity index is 1.47. The molecule has 1 amide bonds. The number of aromatic nitrogens is 2. The van der Waals surface area contributed by atoms with Gasteiger partial charge >= 0.3 is 0 Å². The van der Waals surface area contributed by atoms with Crippen molar-refractivity contribution < 1.29 is 14.3 Å². The van der Waals surface area contributed by atoms with E-state index in [4.69, 9.17) is 4.42 Å². The summed E-state index contributed by atoms with van der Waals surface area (Å²) in [5.41, 5.74) is 1.04. The van der Waals surface area contributed by atoms with E-state index in [1.54, 1.807) is 24.7 Å². The van der Waals surface area contributed by atoms with Gasteiger partial charge in [0.25, 0.3) is 5.91 Å². The van der Waals surface area contributed by atoms with Crippen LogP contribution in [0.2, 0.25) is 0 Å². The zero-order chi connectivity index (χ0) is 17.9. The lowest BCUT2D eigenvalue weighted by molar-refractivity contribution is 0.0232. The van der Waals surface area contributed by atoms with Crippen molar-refractivity contribution in [3.63, 3.8) is 0 Å². The third kappa shape index (κ3) is 3.55. The van der Waals surface area contributed by atoms with E-state index < -0.39 is 0 Å². The average Bonchev–Trinajstić information content (AvgIpc) is 3.30. The maximum Gasteiger partial charge on any atom is 0.287 e. The summed E-state index contributed by atoms with van der Waals surface area (Å²) in [6.07, 6.45) is 6.38. The maximum atomic E-state index is 12.7. The Hall–Kier alpha value is -2.86. The summed E-state index contributed by atoms with van der Waals surface area (Å²) >= 11 is 0. The van der Waals surface area contributed by atoms with Gasteiger partial charge in [-0.2, -0.15) is 0 Å². The molecule has 2 aromatic heterocycles. The fourth-order valence-electron chi connectivity index (χ4n) is 3.39. The van der Waals surface area contributed by atoms with Gasteiger partial charge in [0.05, 0.1) is 25.0 Å². The van der Waals surface area contributed by atoms with E-state index in [-0.39, 0.29) is 24.0 Å². The number of imidazole rings is 1. The molecule has 0 unspecified atom stereocenters. The van der Waals surface area contributed by atoms with Crippen LogP contribution in [0.1, 0.15) is 40.8 Å². The highest BCUT2D eigenvalue weighted by Crippen LogP contribution is 2.38. The molecule has 1 aliphatic rings. The number of amides is 1. The summed E-state index contributed by atoms with van der Waals surface area (Å²) in [7, 11) is 0. The number of nitrogens with zero attached hydrogens (tertiary/aromatic N) is 2. The van der Waals surface area contributed by atoms with Gasteiger partial charge < -0.3 is 19.4 Å². The summed E-state index contributed by atoms with van der Waals surface area (Å²) in [5.74, 6) is 0.984. The molecule has 134 valence electrons. The molecular weight excluding hydrogens is 330 g/mol. The first-order valence-electron chi connectivity index (χ1n) is 8.77. The lowest BCUT2D eigenvalue weighted by Gasteiger charge is -2.38. The van der Waals surface area contributed by atoms with E-state index in [2.05, 4.69) is 10.3 Å². The third-order valence-corrected chi connectivity index (χ3v) is 4.85. The number of carbonyl (C=O) groups is 1. The Labute approximate surface area is 151 Å². The van der Waals surface area contributed by atoms with Gasteiger partial charge in [-0.05, 0) is 36.5 Å². The first kappa shape index (κ1) is 16.6. The molecule has 0 bridgehead atoms. The first-order chi connectivity index (χ1) is 12.7. The number of hydrogen-bond acceptors (Lipinski definition) is 4. The molecule has 0 spiro atoms. The number of benzene rings is 1. The van der Waals surface area contributed by atoms with Crippen molar-refractivity contribution in [3.05, 3.63) is 78.3 Å². The van der Waals surface area contributed by atoms with Gasteiger partial charge in [-0.3, -0.25) is 4.79 Å². The second kappa shape index (κ2) is 7.17. The minimum atomic E-state index is -0.270. The smallest absolute Gasteiger partial charge is 0.287 e. The summed E-state index contributed by atoms with van der Waals surface area (Å²) < 4.78 is 7.58. The molecule has 0 aliphatic heterocycles. The average molecular weight is 351 g/mol. The van der Waals surface area contributed by atoms with Crippen LogP contribution in [0.5, 0.6) is 0 Å². The number of nitrogens with one attached hydrogen (secondary N) is 1. The molecule has 26 heavy (non-hydrogen) atoms. The largest absolute Gasteiger partial charge is 0.454 e. The number of aliphatic hydroxyl groups is 1. The van der Waals surface area contributed by atoms with Crippen molar-refractivity contribution in [2.45, 2.75) is 31.5 Å². The topological polar surface area (TPSA) is 80.3 Å². The highest BCUT2D eigenvalue weighted by molar-refractivity contribution is 5.91. The summed E-state index contributed by atoms with van der Waals surface area (Å²) in [6.45, 7) is 0.532. The van der Waals surface area contributed by atoms with Crippen LogP contribution in [0.4, 0.5) is 0 Å². The van der Waals surface area contributed by atoms with Crippen LogP contribution in [0.3, 0.4) is 0 Å². The minimum Gasteiger partial charge on any atom is -0.454 e. The molecule has 1 atom stereocenters. The van der Waals surface area contributed by atoms with Crippen LogP contribution in [0.15, 0.2) is 65.6 Å². The SMILES string of the molecule is O=C(N[C@@H](c1ccccc1)C1CC(O)C1)c1ccc(Cn2ccnc2)o1. The molecule has 1 aliphatic carbocycles. The van der Waals surface area contributed by atoms with Crippen LogP contribution in [0.25, 0.3) is 0 Å². The van der Waals surface area contributed by atoms with Gasteiger partial charge in [-0.15, -0.1) is 0 Å². The fourth-order valence-corrected chi connectivity index (χ4v) is 3.39. The predicted molar refractivity (Wildman–Crippen MR) is 95.4 cm³/mol. The molecule has 4 rings (SSSR count). The van der Waals surface area contributed by atoms with Gasteiger partial charge in [0, 0.05) is 12.4 Å². The molecule has 1 fully saturated rings. The Morgan fingerprint density at radius 3 is 2.77 bits per heavy atom. The van der Waals surface area contributed by atoms with Gasteiger partial charge in [0.15, 0.2) is 5.76 Å². The van der Waals surface area contributed by atoms with E-state index >= 15 is 0 Å². The summed E-state index contributed by atoms with van der Waals surface area (Å²) in [6, 6.07) is 13.2. The summed E-state index contributed by atoms with van der Waals surface area (Å²) in [4.78, 5) is 16.7. The van der Waals surface area contributed by atoms with Crippen molar-refractivity contribution in [3.8, 4) is 0 Å². The molecule has 6 heteroatoms. The molecule has 1 aromatic carbocycles. The third-order valence-electron chi connectivity index (χ3n) is 4.85. The number of aliphatic hydroxyl groups excluding tert-OH is 1. The molecule has 0 radical (unpaired) electrons. The van der Waals surface area contributed by atoms with E-state index in [0.717, 1.165) is 5.56 Å². The minimum absolute atomic E-state index is 0.130. The lowest BCUT2D eigenvalue weighted by atomic mass is 9.75. The van der Waals surface area contributed by atoms with Crippen molar-refractivity contribution in [2.75, 3.05) is 0 Å². The number of carbonyl (C=O) groups excluding carboxylic acids is 1. The van der Waals surface area contributed by atoms with Crippen molar-refractivity contribution in [1.29, 1.82) is 0 Å². The normalized spacial score (nSPS) is 20.3. The Morgan fingerprint density at radius 2 is 2.08 bits per heavy atom. The lowest BCUT2D eigenvalue weighted by Crippen LogP contribution is -2.41. The standard InChI is InChI=1S/C20H21N3O3/c24-16-10-15(11-16)19(14-4-2-1-3-5-14)22-20(25)18-7-6-17(26-18)12-23-9-8-21-13-23/h1-9,13,15-16,19,24H,10-12H2,(H,22,25)/t15?,16?,19-/m0/s1. The quantitative estimate of drug-likeness (QED) is 0.716. The number of hydrogen-bond donors (Lipinski definition) is 2. The molecular formula is C20H21N3O3.